The van der Waals surface area contributed by atoms with Crippen molar-refractivity contribution in [1.82, 2.24) is 9.97 Å². The second-order valence-electron chi connectivity index (χ2n) is 4.63. The average molecular weight is 306 g/mol. The van der Waals surface area contributed by atoms with Crippen molar-refractivity contribution < 1.29 is 4.74 Å². The van der Waals surface area contributed by atoms with Gasteiger partial charge >= 0.3 is 0 Å². The van der Waals surface area contributed by atoms with Crippen LogP contribution in [0.25, 0.3) is 0 Å². The second-order valence-corrected chi connectivity index (χ2v) is 5.66. The van der Waals surface area contributed by atoms with Crippen LogP contribution in [0, 0.1) is 0 Å². The summed E-state index contributed by atoms with van der Waals surface area (Å²) in [4.78, 5) is 12.5. The largest absolute Gasteiger partial charge is 0.374 e. The molecule has 2 aromatic heterocycles. The molecular formula is C15H22N4OS. The van der Waals surface area contributed by atoms with Crippen LogP contribution in [0.2, 0.25) is 0 Å². The van der Waals surface area contributed by atoms with Crippen LogP contribution in [0.1, 0.15) is 24.5 Å². The van der Waals surface area contributed by atoms with Crippen molar-refractivity contribution in [3.05, 3.63) is 34.3 Å². The van der Waals surface area contributed by atoms with Crippen molar-refractivity contribution in [2.24, 2.45) is 0 Å². The number of rotatable bonds is 8. The van der Waals surface area contributed by atoms with E-state index >= 15 is 0 Å². The van der Waals surface area contributed by atoms with E-state index in [0.717, 1.165) is 24.7 Å². The van der Waals surface area contributed by atoms with Crippen molar-refractivity contribution in [3.63, 3.8) is 0 Å². The van der Waals surface area contributed by atoms with Gasteiger partial charge < -0.3 is 15.0 Å². The lowest BCUT2D eigenvalue weighted by atomic mass is 10.4. The van der Waals surface area contributed by atoms with Crippen molar-refractivity contribution in [1.29, 1.82) is 0 Å². The molecule has 0 atom stereocenters. The average Bonchev–Trinajstić information content (AvgIpc) is 2.98. The van der Waals surface area contributed by atoms with Crippen LogP contribution in [0.3, 0.4) is 0 Å². The molecule has 0 aromatic carbocycles. The lowest BCUT2D eigenvalue weighted by molar-refractivity contribution is 0.128. The van der Waals surface area contributed by atoms with Gasteiger partial charge in [0.2, 0.25) is 0 Å². The first-order valence-electron chi connectivity index (χ1n) is 7.16. The standard InChI is InChI=1S/C15H22N4OS/c1-4-16-13-9-15(18-14(17-13)11-20-5-2)19(3)10-12-7-6-8-21-12/h6-9H,4-5,10-11H2,1-3H3,(H,16,17,18). The number of anilines is 2. The molecule has 0 saturated carbocycles. The fourth-order valence-corrected chi connectivity index (χ4v) is 2.68. The zero-order chi connectivity index (χ0) is 15.1. The molecule has 0 unspecified atom stereocenters. The highest BCUT2D eigenvalue weighted by Crippen LogP contribution is 2.19. The van der Waals surface area contributed by atoms with E-state index in [0.29, 0.717) is 19.0 Å². The summed E-state index contributed by atoms with van der Waals surface area (Å²) < 4.78 is 5.42. The zero-order valence-corrected chi connectivity index (χ0v) is 13.6. The van der Waals surface area contributed by atoms with E-state index < -0.39 is 0 Å². The first-order valence-corrected chi connectivity index (χ1v) is 8.04. The number of thiophene rings is 1. The summed E-state index contributed by atoms with van der Waals surface area (Å²) in [5, 5.41) is 5.34. The van der Waals surface area contributed by atoms with Gasteiger partial charge in [-0.1, -0.05) is 6.07 Å². The monoisotopic (exact) mass is 306 g/mol. The van der Waals surface area contributed by atoms with Crippen LogP contribution < -0.4 is 10.2 Å². The highest BCUT2D eigenvalue weighted by Gasteiger charge is 2.09. The fourth-order valence-electron chi connectivity index (χ4n) is 1.93. The van der Waals surface area contributed by atoms with E-state index in [-0.39, 0.29) is 0 Å². The molecule has 0 bridgehead atoms. The van der Waals surface area contributed by atoms with Crippen LogP contribution >= 0.6 is 11.3 Å². The lowest BCUT2D eigenvalue weighted by Crippen LogP contribution is -2.19. The minimum Gasteiger partial charge on any atom is -0.374 e. The molecule has 0 spiro atoms. The third kappa shape index (κ3) is 4.68. The maximum absolute atomic E-state index is 5.42. The van der Waals surface area contributed by atoms with E-state index in [1.54, 1.807) is 11.3 Å². The van der Waals surface area contributed by atoms with Gasteiger partial charge in [0.1, 0.15) is 18.2 Å². The maximum Gasteiger partial charge on any atom is 0.158 e. The second kappa shape index (κ2) is 7.95. The van der Waals surface area contributed by atoms with E-state index in [4.69, 9.17) is 4.74 Å². The maximum atomic E-state index is 5.42. The van der Waals surface area contributed by atoms with Crippen LogP contribution in [-0.4, -0.2) is 30.2 Å². The van der Waals surface area contributed by atoms with Gasteiger partial charge in [-0.2, -0.15) is 0 Å². The van der Waals surface area contributed by atoms with Gasteiger partial charge in [0, 0.05) is 31.1 Å². The van der Waals surface area contributed by atoms with Gasteiger partial charge in [-0.3, -0.25) is 0 Å². The molecule has 0 amide bonds. The fraction of sp³-hybridized carbons (Fsp3) is 0.467. The number of nitrogens with zero attached hydrogens (tertiary/aromatic N) is 3. The smallest absolute Gasteiger partial charge is 0.158 e. The molecule has 6 heteroatoms. The Bertz CT molecular complexity index is 545. The molecule has 0 aliphatic rings. The summed E-state index contributed by atoms with van der Waals surface area (Å²) in [5.41, 5.74) is 0. The number of hydrogen-bond donors (Lipinski definition) is 1. The molecule has 5 nitrogen and oxygen atoms in total. The van der Waals surface area contributed by atoms with E-state index in [9.17, 15) is 0 Å². The molecule has 1 N–H and O–H groups in total. The van der Waals surface area contributed by atoms with Gasteiger partial charge in [0.05, 0.1) is 6.54 Å². The molecule has 2 rings (SSSR count). The Balaban J connectivity index is 2.17. The predicted octanol–water partition coefficient (Wildman–Crippen LogP) is 3.14. The van der Waals surface area contributed by atoms with Crippen LogP contribution in [0.15, 0.2) is 23.6 Å². The van der Waals surface area contributed by atoms with Crippen LogP contribution in [0.5, 0.6) is 0 Å². The Hall–Kier alpha value is -1.66. The number of aromatic nitrogens is 2. The highest BCUT2D eigenvalue weighted by molar-refractivity contribution is 7.09. The Morgan fingerprint density at radius 1 is 1.33 bits per heavy atom. The van der Waals surface area contributed by atoms with Gasteiger partial charge in [-0.25, -0.2) is 9.97 Å². The van der Waals surface area contributed by atoms with E-state index in [1.807, 2.05) is 20.0 Å². The first kappa shape index (κ1) is 15.7. The molecule has 2 aromatic rings. The van der Waals surface area contributed by atoms with Crippen molar-refractivity contribution in [3.8, 4) is 0 Å². The third-order valence-electron chi connectivity index (χ3n) is 2.92. The number of hydrogen-bond acceptors (Lipinski definition) is 6. The first-order chi connectivity index (χ1) is 10.2. The summed E-state index contributed by atoms with van der Waals surface area (Å²) in [5.74, 6) is 2.46. The molecule has 0 aliphatic carbocycles. The minimum atomic E-state index is 0.440. The minimum absolute atomic E-state index is 0.440. The van der Waals surface area contributed by atoms with Crippen molar-refractivity contribution >= 4 is 23.0 Å². The van der Waals surface area contributed by atoms with Gasteiger partial charge in [-0.15, -0.1) is 11.3 Å². The summed E-state index contributed by atoms with van der Waals surface area (Å²) in [6, 6.07) is 6.18. The zero-order valence-electron chi connectivity index (χ0n) is 12.8. The lowest BCUT2D eigenvalue weighted by Gasteiger charge is -2.19. The van der Waals surface area contributed by atoms with E-state index in [1.165, 1.54) is 4.88 Å². The Labute approximate surface area is 130 Å². The summed E-state index contributed by atoms with van der Waals surface area (Å²) >= 11 is 1.75. The summed E-state index contributed by atoms with van der Waals surface area (Å²) in [7, 11) is 2.04. The number of ether oxygens (including phenoxy) is 1. The normalized spacial score (nSPS) is 10.6. The molecule has 2 heterocycles. The van der Waals surface area contributed by atoms with Crippen LogP contribution in [-0.2, 0) is 17.9 Å². The molecule has 0 saturated heterocycles. The Morgan fingerprint density at radius 3 is 2.86 bits per heavy atom. The highest BCUT2D eigenvalue weighted by atomic mass is 32.1. The molecule has 21 heavy (non-hydrogen) atoms. The van der Waals surface area contributed by atoms with Crippen molar-refractivity contribution in [2.45, 2.75) is 27.0 Å². The molecule has 0 radical (unpaired) electrons. The quantitative estimate of drug-likeness (QED) is 0.812. The molecule has 0 aliphatic heterocycles. The van der Waals surface area contributed by atoms with Crippen molar-refractivity contribution in [2.75, 3.05) is 30.4 Å². The Morgan fingerprint density at radius 2 is 2.19 bits per heavy atom. The molecule has 0 fully saturated rings. The van der Waals surface area contributed by atoms with Crippen LogP contribution in [0.4, 0.5) is 11.6 Å². The summed E-state index contributed by atoms with van der Waals surface area (Å²) in [6.45, 7) is 6.80. The van der Waals surface area contributed by atoms with Gasteiger partial charge in [0.15, 0.2) is 5.82 Å². The van der Waals surface area contributed by atoms with Gasteiger partial charge in [0.25, 0.3) is 0 Å². The third-order valence-corrected chi connectivity index (χ3v) is 3.78. The number of nitrogens with one attached hydrogen (secondary N) is 1. The topological polar surface area (TPSA) is 50.3 Å². The predicted molar refractivity (Wildman–Crippen MR) is 88.0 cm³/mol. The molecule has 114 valence electrons. The summed E-state index contributed by atoms with van der Waals surface area (Å²) in [6.07, 6.45) is 0. The molecular weight excluding hydrogens is 284 g/mol. The van der Waals surface area contributed by atoms with Gasteiger partial charge in [-0.05, 0) is 25.3 Å². The SMILES string of the molecule is CCNc1cc(N(C)Cc2cccs2)nc(COCC)n1. The van der Waals surface area contributed by atoms with E-state index in [2.05, 4.69) is 44.6 Å². The Kier molecular flexibility index (Phi) is 5.95.